The maximum absolute atomic E-state index is 11.8. The van der Waals surface area contributed by atoms with Gasteiger partial charge in [0.1, 0.15) is 6.04 Å². The highest BCUT2D eigenvalue weighted by molar-refractivity contribution is 5.86. The Morgan fingerprint density at radius 2 is 1.95 bits per heavy atom. The van der Waals surface area contributed by atoms with Gasteiger partial charge in [0.25, 0.3) is 0 Å². The summed E-state index contributed by atoms with van der Waals surface area (Å²) in [6.45, 7) is 4.02. The van der Waals surface area contributed by atoms with Gasteiger partial charge in [-0.2, -0.15) is 0 Å². The molecular formula is C12H25N5O3. The number of aliphatic imine (C=N–C) groups is 1. The lowest BCUT2D eigenvalue weighted by molar-refractivity contribution is -0.143. The molecule has 8 N–H and O–H groups in total. The summed E-state index contributed by atoms with van der Waals surface area (Å²) in [4.78, 5) is 26.7. The third-order valence-corrected chi connectivity index (χ3v) is 3.08. The van der Waals surface area contributed by atoms with Crippen LogP contribution in [0.4, 0.5) is 0 Å². The molecule has 0 aromatic carbocycles. The van der Waals surface area contributed by atoms with E-state index in [2.05, 4.69) is 10.3 Å². The lowest BCUT2D eigenvalue weighted by atomic mass is 9.98. The third kappa shape index (κ3) is 6.93. The number of rotatable bonds is 9. The highest BCUT2D eigenvalue weighted by Crippen LogP contribution is 2.08. The molecule has 20 heavy (non-hydrogen) atoms. The van der Waals surface area contributed by atoms with Gasteiger partial charge in [-0.3, -0.25) is 9.79 Å². The molecular weight excluding hydrogens is 262 g/mol. The molecule has 116 valence electrons. The van der Waals surface area contributed by atoms with Gasteiger partial charge in [0.15, 0.2) is 5.96 Å². The maximum atomic E-state index is 11.8. The van der Waals surface area contributed by atoms with Gasteiger partial charge >= 0.3 is 5.97 Å². The third-order valence-electron chi connectivity index (χ3n) is 3.08. The largest absolute Gasteiger partial charge is 0.480 e. The first-order chi connectivity index (χ1) is 9.29. The molecule has 3 atom stereocenters. The van der Waals surface area contributed by atoms with Crippen LogP contribution < -0.4 is 22.5 Å². The van der Waals surface area contributed by atoms with Gasteiger partial charge in [0, 0.05) is 6.54 Å². The van der Waals surface area contributed by atoms with E-state index in [0.717, 1.165) is 0 Å². The highest BCUT2D eigenvalue weighted by atomic mass is 16.4. The van der Waals surface area contributed by atoms with Crippen LogP contribution in [0.25, 0.3) is 0 Å². The number of amides is 1. The summed E-state index contributed by atoms with van der Waals surface area (Å²) in [7, 11) is 0. The number of guanidine groups is 1. The molecule has 0 radical (unpaired) electrons. The van der Waals surface area contributed by atoms with Crippen LogP contribution in [0, 0.1) is 5.92 Å². The molecule has 0 aromatic rings. The van der Waals surface area contributed by atoms with Gasteiger partial charge in [-0.1, -0.05) is 20.3 Å². The Labute approximate surface area is 118 Å². The average Bonchev–Trinajstić information content (AvgIpc) is 2.38. The smallest absolute Gasteiger partial charge is 0.326 e. The average molecular weight is 287 g/mol. The van der Waals surface area contributed by atoms with Crippen molar-refractivity contribution in [1.29, 1.82) is 0 Å². The molecule has 0 aliphatic rings. The van der Waals surface area contributed by atoms with Gasteiger partial charge in [-0.25, -0.2) is 4.79 Å². The number of carbonyl (C=O) groups is 2. The predicted octanol–water partition coefficient (Wildman–Crippen LogP) is -1.02. The monoisotopic (exact) mass is 287 g/mol. The highest BCUT2D eigenvalue weighted by Gasteiger charge is 2.27. The van der Waals surface area contributed by atoms with E-state index in [1.54, 1.807) is 6.92 Å². The summed E-state index contributed by atoms with van der Waals surface area (Å²) in [6, 6.07) is -1.69. The van der Waals surface area contributed by atoms with Crippen LogP contribution in [-0.4, -0.2) is 41.6 Å². The Bertz CT molecular complexity index is 355. The molecule has 0 spiro atoms. The Morgan fingerprint density at radius 3 is 2.40 bits per heavy atom. The molecule has 0 aliphatic carbocycles. The van der Waals surface area contributed by atoms with Crippen LogP contribution >= 0.6 is 0 Å². The van der Waals surface area contributed by atoms with Crippen LogP contribution in [0.1, 0.15) is 33.1 Å². The Morgan fingerprint density at radius 1 is 1.35 bits per heavy atom. The Balaban J connectivity index is 4.29. The van der Waals surface area contributed by atoms with Crippen LogP contribution in [0.3, 0.4) is 0 Å². The summed E-state index contributed by atoms with van der Waals surface area (Å²) < 4.78 is 0. The minimum Gasteiger partial charge on any atom is -0.480 e. The van der Waals surface area contributed by atoms with Crippen LogP contribution in [0.5, 0.6) is 0 Å². The summed E-state index contributed by atoms with van der Waals surface area (Å²) in [6.07, 6.45) is 1.58. The van der Waals surface area contributed by atoms with Gasteiger partial charge in [-0.05, 0) is 18.8 Å². The number of nitrogens with zero attached hydrogens (tertiary/aromatic N) is 1. The molecule has 0 heterocycles. The molecule has 0 rings (SSSR count). The molecule has 0 aliphatic heterocycles. The first-order valence-electron chi connectivity index (χ1n) is 6.63. The zero-order valence-corrected chi connectivity index (χ0v) is 12.0. The quantitative estimate of drug-likeness (QED) is 0.207. The van der Waals surface area contributed by atoms with Crippen molar-refractivity contribution in [2.75, 3.05) is 6.54 Å². The molecule has 0 saturated heterocycles. The SMILES string of the molecule is CC[C@H](C)[C@H](NC(=O)[C@H](N)CCCN=C(N)N)C(=O)O. The second-order valence-corrected chi connectivity index (χ2v) is 4.77. The summed E-state index contributed by atoms with van der Waals surface area (Å²) >= 11 is 0. The van der Waals surface area contributed by atoms with Crippen molar-refractivity contribution in [3.63, 3.8) is 0 Å². The van der Waals surface area contributed by atoms with E-state index >= 15 is 0 Å². The first-order valence-corrected chi connectivity index (χ1v) is 6.63. The predicted molar refractivity (Wildman–Crippen MR) is 76.9 cm³/mol. The Hall–Kier alpha value is -1.83. The topological polar surface area (TPSA) is 157 Å². The fourth-order valence-electron chi connectivity index (χ4n) is 1.59. The molecule has 0 saturated carbocycles. The van der Waals surface area contributed by atoms with E-state index < -0.39 is 24.0 Å². The summed E-state index contributed by atoms with van der Waals surface area (Å²) in [5.41, 5.74) is 16.0. The normalized spacial score (nSPS) is 14.9. The number of nitrogens with one attached hydrogen (secondary N) is 1. The molecule has 0 aromatic heterocycles. The van der Waals surface area contributed by atoms with Crippen molar-refractivity contribution in [3.05, 3.63) is 0 Å². The fraction of sp³-hybridized carbons (Fsp3) is 0.750. The summed E-state index contributed by atoms with van der Waals surface area (Å²) in [5.74, 6) is -1.70. The van der Waals surface area contributed by atoms with Crippen molar-refractivity contribution in [3.8, 4) is 0 Å². The van der Waals surface area contributed by atoms with Gasteiger partial charge in [0.2, 0.25) is 5.91 Å². The molecule has 8 nitrogen and oxygen atoms in total. The van der Waals surface area contributed by atoms with E-state index in [9.17, 15) is 9.59 Å². The first kappa shape index (κ1) is 18.2. The second kappa shape index (κ2) is 9.13. The van der Waals surface area contributed by atoms with Gasteiger partial charge < -0.3 is 27.6 Å². The molecule has 8 heteroatoms. The van der Waals surface area contributed by atoms with E-state index in [1.165, 1.54) is 0 Å². The summed E-state index contributed by atoms with van der Waals surface area (Å²) in [5, 5.41) is 11.5. The van der Waals surface area contributed by atoms with Crippen LogP contribution in [0.15, 0.2) is 4.99 Å². The number of aliphatic carboxylic acids is 1. The van der Waals surface area contributed by atoms with Gasteiger partial charge in [-0.15, -0.1) is 0 Å². The van der Waals surface area contributed by atoms with E-state index in [-0.39, 0.29) is 11.9 Å². The number of nitrogens with two attached hydrogens (primary N) is 3. The fourth-order valence-corrected chi connectivity index (χ4v) is 1.59. The number of carboxylic acid groups (broad SMARTS) is 1. The van der Waals surface area contributed by atoms with Crippen molar-refractivity contribution >= 4 is 17.8 Å². The van der Waals surface area contributed by atoms with Crippen LogP contribution in [-0.2, 0) is 9.59 Å². The van der Waals surface area contributed by atoms with E-state index in [0.29, 0.717) is 25.8 Å². The van der Waals surface area contributed by atoms with Gasteiger partial charge in [0.05, 0.1) is 6.04 Å². The van der Waals surface area contributed by atoms with Crippen molar-refractivity contribution in [1.82, 2.24) is 5.32 Å². The van der Waals surface area contributed by atoms with Crippen molar-refractivity contribution in [2.24, 2.45) is 28.1 Å². The standard InChI is InChI=1S/C12H25N5O3/c1-3-7(2)9(11(19)20)17-10(18)8(13)5-4-6-16-12(14)15/h7-9H,3-6,13H2,1-2H3,(H,17,18)(H,19,20)(H4,14,15,16)/t7-,8+,9-/m0/s1. The molecule has 0 bridgehead atoms. The molecule has 1 amide bonds. The Kier molecular flexibility index (Phi) is 8.30. The number of carbonyl (C=O) groups excluding carboxylic acids is 1. The van der Waals surface area contributed by atoms with Crippen molar-refractivity contribution < 1.29 is 14.7 Å². The van der Waals surface area contributed by atoms with Crippen molar-refractivity contribution in [2.45, 2.75) is 45.2 Å². The van der Waals surface area contributed by atoms with Crippen LogP contribution in [0.2, 0.25) is 0 Å². The minimum absolute atomic E-state index is 0.00858. The minimum atomic E-state index is -1.06. The lowest BCUT2D eigenvalue weighted by Gasteiger charge is -2.22. The number of hydrogen-bond acceptors (Lipinski definition) is 4. The second-order valence-electron chi connectivity index (χ2n) is 4.77. The number of carboxylic acids is 1. The molecule has 0 unspecified atom stereocenters. The zero-order chi connectivity index (χ0) is 15.7. The maximum Gasteiger partial charge on any atom is 0.326 e. The van der Waals surface area contributed by atoms with E-state index in [4.69, 9.17) is 22.3 Å². The number of hydrogen-bond donors (Lipinski definition) is 5. The lowest BCUT2D eigenvalue weighted by Crippen LogP contribution is -2.51. The molecule has 0 fully saturated rings. The zero-order valence-electron chi connectivity index (χ0n) is 12.0. The van der Waals surface area contributed by atoms with E-state index in [1.807, 2.05) is 6.92 Å².